The Balaban J connectivity index is 1.86. The molecule has 2 aromatic carbocycles. The summed E-state index contributed by atoms with van der Waals surface area (Å²) < 4.78 is 5.47. The first kappa shape index (κ1) is 15.8. The fourth-order valence-corrected chi connectivity index (χ4v) is 2.84. The van der Waals surface area contributed by atoms with Crippen LogP contribution in [0.4, 0.5) is 0 Å². The molecule has 0 N–H and O–H groups in total. The number of benzene rings is 2. The Morgan fingerprint density at radius 2 is 1.05 bits per heavy atom. The molecule has 0 atom stereocenters. The van der Waals surface area contributed by atoms with Gasteiger partial charge in [-0.05, 0) is 38.1 Å². The van der Waals surface area contributed by atoms with Gasteiger partial charge in [0.15, 0.2) is 11.6 Å². The molecular formula is C16H14O3S2. The molecule has 3 nitrogen and oxygen atoms in total. The Morgan fingerprint density at radius 1 is 0.714 bits per heavy atom. The van der Waals surface area contributed by atoms with Crippen LogP contribution in [0.1, 0.15) is 34.6 Å². The van der Waals surface area contributed by atoms with E-state index in [0.717, 1.165) is 9.79 Å². The SMILES string of the molecule is CC(=O)c1ccc(SOSc2ccc(C(C)=O)cc2)cc1. The summed E-state index contributed by atoms with van der Waals surface area (Å²) in [7, 11) is 0. The number of carbonyl (C=O) groups is 2. The van der Waals surface area contributed by atoms with Gasteiger partial charge < -0.3 is 0 Å². The van der Waals surface area contributed by atoms with Crippen LogP contribution in [0.2, 0.25) is 0 Å². The predicted octanol–water partition coefficient (Wildman–Crippen LogP) is 4.82. The van der Waals surface area contributed by atoms with Crippen molar-refractivity contribution >= 4 is 35.7 Å². The van der Waals surface area contributed by atoms with Gasteiger partial charge in [-0.25, -0.2) is 3.63 Å². The van der Waals surface area contributed by atoms with Crippen molar-refractivity contribution in [2.24, 2.45) is 0 Å². The predicted molar refractivity (Wildman–Crippen MR) is 85.7 cm³/mol. The van der Waals surface area contributed by atoms with E-state index >= 15 is 0 Å². The van der Waals surface area contributed by atoms with Gasteiger partial charge in [-0.1, -0.05) is 24.3 Å². The van der Waals surface area contributed by atoms with Crippen LogP contribution in [0.5, 0.6) is 0 Å². The maximum atomic E-state index is 11.2. The molecule has 0 amide bonds. The summed E-state index contributed by atoms with van der Waals surface area (Å²) in [5.41, 5.74) is 1.37. The molecule has 5 heteroatoms. The van der Waals surface area contributed by atoms with E-state index in [1.54, 1.807) is 38.1 Å². The van der Waals surface area contributed by atoms with Crippen LogP contribution in [0.15, 0.2) is 58.3 Å². The Labute approximate surface area is 132 Å². The highest BCUT2D eigenvalue weighted by Gasteiger charge is 2.03. The van der Waals surface area contributed by atoms with Gasteiger partial charge in [0.2, 0.25) is 0 Å². The van der Waals surface area contributed by atoms with Gasteiger partial charge in [0.1, 0.15) is 0 Å². The number of hydrogen-bond donors (Lipinski definition) is 0. The minimum Gasteiger partial charge on any atom is -0.295 e. The molecule has 0 radical (unpaired) electrons. The summed E-state index contributed by atoms with van der Waals surface area (Å²) in [4.78, 5) is 24.2. The number of Topliss-reactive ketones (excluding diaryl/α,β-unsaturated/α-hetero) is 2. The second-order valence-electron chi connectivity index (χ2n) is 4.40. The zero-order valence-corrected chi connectivity index (χ0v) is 13.3. The molecule has 0 aliphatic rings. The molecule has 21 heavy (non-hydrogen) atoms. The summed E-state index contributed by atoms with van der Waals surface area (Å²) in [5, 5.41) is 0. The van der Waals surface area contributed by atoms with Gasteiger partial charge in [-0.3, -0.25) is 9.59 Å². The molecule has 2 aromatic rings. The monoisotopic (exact) mass is 318 g/mol. The van der Waals surface area contributed by atoms with Crippen LogP contribution in [-0.2, 0) is 3.63 Å². The lowest BCUT2D eigenvalue weighted by Gasteiger charge is -2.03. The first-order valence-corrected chi connectivity index (χ1v) is 7.78. The summed E-state index contributed by atoms with van der Waals surface area (Å²) in [5.74, 6) is 0.0970. The van der Waals surface area contributed by atoms with Gasteiger partial charge in [0.25, 0.3) is 0 Å². The van der Waals surface area contributed by atoms with Crippen molar-refractivity contribution in [1.29, 1.82) is 0 Å². The van der Waals surface area contributed by atoms with E-state index in [9.17, 15) is 9.59 Å². The molecule has 0 bridgehead atoms. The Bertz CT molecular complexity index is 576. The average molecular weight is 318 g/mol. The van der Waals surface area contributed by atoms with E-state index < -0.39 is 0 Å². The number of carbonyl (C=O) groups excluding carboxylic acids is 2. The molecule has 0 fully saturated rings. The molecule has 0 aliphatic carbocycles. The third-order valence-electron chi connectivity index (χ3n) is 2.78. The third kappa shape index (κ3) is 4.74. The normalized spacial score (nSPS) is 10.4. The van der Waals surface area contributed by atoms with Crippen molar-refractivity contribution in [3.63, 3.8) is 0 Å². The van der Waals surface area contributed by atoms with Gasteiger partial charge >= 0.3 is 0 Å². The minimum absolute atomic E-state index is 0.0485. The average Bonchev–Trinajstić information content (AvgIpc) is 2.48. The van der Waals surface area contributed by atoms with Gasteiger partial charge in [-0.15, -0.1) is 0 Å². The standard InChI is InChI=1S/C16H14O3S2/c1-11(17)13-3-7-15(8-4-13)20-19-21-16-9-5-14(6-10-16)12(2)18/h3-10H,1-2H3. The van der Waals surface area contributed by atoms with Crippen LogP contribution < -0.4 is 0 Å². The van der Waals surface area contributed by atoms with E-state index in [4.69, 9.17) is 3.63 Å². The highest BCUT2D eigenvalue weighted by molar-refractivity contribution is 8.07. The zero-order valence-electron chi connectivity index (χ0n) is 11.7. The molecule has 0 saturated heterocycles. The molecule has 0 heterocycles. The lowest BCUT2D eigenvalue weighted by molar-refractivity contribution is 0.100. The second-order valence-corrected chi connectivity index (χ2v) is 6.22. The molecule has 0 unspecified atom stereocenters. The zero-order chi connectivity index (χ0) is 15.2. The molecule has 0 saturated carbocycles. The third-order valence-corrected chi connectivity index (χ3v) is 4.26. The highest BCUT2D eigenvalue weighted by atomic mass is 32.2. The lowest BCUT2D eigenvalue weighted by Crippen LogP contribution is -1.90. The van der Waals surface area contributed by atoms with Crippen LogP contribution >= 0.6 is 24.1 Å². The number of hydrogen-bond acceptors (Lipinski definition) is 5. The summed E-state index contributed by atoms with van der Waals surface area (Å²) in [6.07, 6.45) is 0. The van der Waals surface area contributed by atoms with Crippen molar-refractivity contribution < 1.29 is 13.2 Å². The fraction of sp³-hybridized carbons (Fsp3) is 0.125. The van der Waals surface area contributed by atoms with Gasteiger partial charge in [-0.2, -0.15) is 0 Å². The second kappa shape index (κ2) is 7.45. The Morgan fingerprint density at radius 3 is 1.33 bits per heavy atom. The maximum absolute atomic E-state index is 11.2. The van der Waals surface area contributed by atoms with Crippen LogP contribution in [-0.4, -0.2) is 11.6 Å². The quantitative estimate of drug-likeness (QED) is 0.564. The fourth-order valence-electron chi connectivity index (χ4n) is 1.59. The summed E-state index contributed by atoms with van der Waals surface area (Å²) >= 11 is 2.46. The molecule has 2 rings (SSSR count). The molecule has 0 spiro atoms. The minimum atomic E-state index is 0.0485. The topological polar surface area (TPSA) is 43.4 Å². The largest absolute Gasteiger partial charge is 0.295 e. The molecule has 0 aliphatic heterocycles. The summed E-state index contributed by atoms with van der Waals surface area (Å²) in [6, 6.07) is 14.5. The van der Waals surface area contributed by atoms with E-state index in [0.29, 0.717) is 11.1 Å². The first-order chi connectivity index (χ1) is 10.1. The smallest absolute Gasteiger partial charge is 0.159 e. The molecule has 0 aromatic heterocycles. The highest BCUT2D eigenvalue weighted by Crippen LogP contribution is 2.30. The summed E-state index contributed by atoms with van der Waals surface area (Å²) in [6.45, 7) is 3.08. The maximum Gasteiger partial charge on any atom is 0.159 e. The van der Waals surface area contributed by atoms with Crippen molar-refractivity contribution in [2.75, 3.05) is 0 Å². The van der Waals surface area contributed by atoms with Crippen LogP contribution in [0, 0.1) is 0 Å². The van der Waals surface area contributed by atoms with Crippen LogP contribution in [0.3, 0.4) is 0 Å². The van der Waals surface area contributed by atoms with Crippen molar-refractivity contribution in [1.82, 2.24) is 0 Å². The van der Waals surface area contributed by atoms with E-state index in [1.807, 2.05) is 24.3 Å². The van der Waals surface area contributed by atoms with E-state index in [2.05, 4.69) is 0 Å². The lowest BCUT2D eigenvalue weighted by atomic mass is 10.2. The number of ketones is 2. The van der Waals surface area contributed by atoms with Crippen molar-refractivity contribution in [3.8, 4) is 0 Å². The molecule has 108 valence electrons. The Kier molecular flexibility index (Phi) is 5.61. The van der Waals surface area contributed by atoms with Crippen molar-refractivity contribution in [2.45, 2.75) is 23.6 Å². The first-order valence-electron chi connectivity index (χ1n) is 6.29. The number of rotatable bonds is 6. The molecular weight excluding hydrogens is 304 g/mol. The van der Waals surface area contributed by atoms with Crippen molar-refractivity contribution in [3.05, 3.63) is 59.7 Å². The van der Waals surface area contributed by atoms with E-state index in [1.165, 1.54) is 24.1 Å². The van der Waals surface area contributed by atoms with Gasteiger partial charge in [0.05, 0.1) is 0 Å². The van der Waals surface area contributed by atoms with Crippen LogP contribution in [0.25, 0.3) is 0 Å². The van der Waals surface area contributed by atoms with Gasteiger partial charge in [0, 0.05) is 45.0 Å². The van der Waals surface area contributed by atoms with E-state index in [-0.39, 0.29) is 11.6 Å². The Hall–Kier alpha value is -1.56.